The van der Waals surface area contributed by atoms with E-state index in [1.165, 1.54) is 0 Å². The predicted molar refractivity (Wildman–Crippen MR) is 88.5 cm³/mol. The Kier molecular flexibility index (Phi) is 4.20. The first-order valence-electron chi connectivity index (χ1n) is 7.56. The number of hydrogen-bond acceptors (Lipinski definition) is 5. The average Bonchev–Trinajstić information content (AvgIpc) is 3.00. The van der Waals surface area contributed by atoms with Crippen molar-refractivity contribution >= 4 is 29.1 Å². The molecular formula is C15H21ClN6. The van der Waals surface area contributed by atoms with E-state index in [1.54, 1.807) is 17.1 Å². The predicted octanol–water partition coefficient (Wildman–Crippen LogP) is 3.45. The van der Waals surface area contributed by atoms with Crippen molar-refractivity contribution < 1.29 is 0 Å². The van der Waals surface area contributed by atoms with Crippen LogP contribution in [0.4, 0.5) is 17.5 Å². The summed E-state index contributed by atoms with van der Waals surface area (Å²) >= 11 is 6.22. The molecule has 3 rings (SSSR count). The van der Waals surface area contributed by atoms with Crippen LogP contribution >= 0.6 is 11.6 Å². The summed E-state index contributed by atoms with van der Waals surface area (Å²) in [4.78, 5) is 8.70. The molecule has 2 aromatic rings. The summed E-state index contributed by atoms with van der Waals surface area (Å²) in [7, 11) is 1.86. The molecule has 6 nitrogen and oxygen atoms in total. The maximum absolute atomic E-state index is 6.22. The van der Waals surface area contributed by atoms with Crippen molar-refractivity contribution in [3.63, 3.8) is 0 Å². The summed E-state index contributed by atoms with van der Waals surface area (Å²) in [5.41, 5.74) is 0.846. The van der Waals surface area contributed by atoms with E-state index >= 15 is 0 Å². The van der Waals surface area contributed by atoms with Crippen molar-refractivity contribution in [2.75, 3.05) is 10.6 Å². The first kappa shape index (κ1) is 15.1. The molecule has 2 heterocycles. The van der Waals surface area contributed by atoms with E-state index in [2.05, 4.69) is 39.5 Å². The van der Waals surface area contributed by atoms with Crippen LogP contribution < -0.4 is 10.6 Å². The molecular weight excluding hydrogens is 300 g/mol. The molecule has 0 aromatic carbocycles. The van der Waals surface area contributed by atoms with Gasteiger partial charge < -0.3 is 10.6 Å². The van der Waals surface area contributed by atoms with Gasteiger partial charge in [-0.1, -0.05) is 25.4 Å². The van der Waals surface area contributed by atoms with E-state index in [9.17, 15) is 0 Å². The van der Waals surface area contributed by atoms with Crippen molar-refractivity contribution in [2.45, 2.75) is 32.7 Å². The number of nitrogens with zero attached hydrogens (tertiary/aromatic N) is 4. The largest absolute Gasteiger partial charge is 0.366 e. The molecule has 2 aromatic heterocycles. The molecule has 0 bridgehead atoms. The maximum Gasteiger partial charge on any atom is 0.229 e. The van der Waals surface area contributed by atoms with Crippen LogP contribution in [0.15, 0.2) is 18.6 Å². The molecule has 0 saturated heterocycles. The number of aromatic nitrogens is 4. The van der Waals surface area contributed by atoms with Gasteiger partial charge in [0.25, 0.3) is 0 Å². The molecule has 2 atom stereocenters. The molecule has 1 aliphatic carbocycles. The Bertz CT molecular complexity index is 645. The van der Waals surface area contributed by atoms with Gasteiger partial charge in [0.15, 0.2) is 5.82 Å². The Morgan fingerprint density at radius 3 is 2.59 bits per heavy atom. The second-order valence-electron chi connectivity index (χ2n) is 6.19. The SMILES string of the molecule is CC1CC(Nc2nc(Nc3cnn(C)c3)ncc2Cl)CC1C. The van der Waals surface area contributed by atoms with Crippen LogP contribution in [0.25, 0.3) is 0 Å². The lowest BCUT2D eigenvalue weighted by atomic mass is 10.0. The lowest BCUT2D eigenvalue weighted by Crippen LogP contribution is -2.17. The van der Waals surface area contributed by atoms with Crippen molar-refractivity contribution in [3.8, 4) is 0 Å². The van der Waals surface area contributed by atoms with E-state index in [0.717, 1.165) is 30.4 Å². The lowest BCUT2D eigenvalue weighted by Gasteiger charge is -2.15. The molecule has 2 N–H and O–H groups in total. The van der Waals surface area contributed by atoms with E-state index < -0.39 is 0 Å². The number of hydrogen-bond donors (Lipinski definition) is 2. The minimum Gasteiger partial charge on any atom is -0.366 e. The van der Waals surface area contributed by atoms with Gasteiger partial charge in [-0.2, -0.15) is 10.1 Å². The Morgan fingerprint density at radius 1 is 1.23 bits per heavy atom. The highest BCUT2D eigenvalue weighted by Crippen LogP contribution is 2.34. The quantitative estimate of drug-likeness (QED) is 0.903. The topological polar surface area (TPSA) is 67.7 Å². The van der Waals surface area contributed by atoms with Crippen LogP contribution in [0.3, 0.4) is 0 Å². The fourth-order valence-corrected chi connectivity index (χ4v) is 3.06. The minimum atomic E-state index is 0.420. The van der Waals surface area contributed by atoms with E-state index in [0.29, 0.717) is 22.8 Å². The highest BCUT2D eigenvalue weighted by atomic mass is 35.5. The van der Waals surface area contributed by atoms with E-state index in [-0.39, 0.29) is 0 Å². The first-order chi connectivity index (χ1) is 10.5. The summed E-state index contributed by atoms with van der Waals surface area (Å²) in [5, 5.41) is 11.2. The molecule has 0 spiro atoms. The van der Waals surface area contributed by atoms with Gasteiger partial charge >= 0.3 is 0 Å². The maximum atomic E-state index is 6.22. The fourth-order valence-electron chi connectivity index (χ4n) is 2.91. The molecule has 7 heteroatoms. The van der Waals surface area contributed by atoms with Crippen molar-refractivity contribution in [3.05, 3.63) is 23.6 Å². The summed E-state index contributed by atoms with van der Waals surface area (Å²) < 4.78 is 1.72. The highest BCUT2D eigenvalue weighted by Gasteiger charge is 2.28. The highest BCUT2D eigenvalue weighted by molar-refractivity contribution is 6.32. The summed E-state index contributed by atoms with van der Waals surface area (Å²) in [6.45, 7) is 4.59. The monoisotopic (exact) mass is 320 g/mol. The molecule has 0 aliphatic heterocycles. The zero-order valence-corrected chi connectivity index (χ0v) is 13.8. The summed E-state index contributed by atoms with van der Waals surface area (Å²) in [5.74, 6) is 2.66. The Morgan fingerprint density at radius 2 is 1.95 bits per heavy atom. The van der Waals surface area contributed by atoms with Gasteiger partial charge in [-0.05, 0) is 24.7 Å². The number of aryl methyl sites for hydroxylation is 1. The van der Waals surface area contributed by atoms with Gasteiger partial charge in [0.05, 0.1) is 18.1 Å². The summed E-state index contributed by atoms with van der Waals surface area (Å²) in [6, 6.07) is 0.420. The minimum absolute atomic E-state index is 0.420. The standard InChI is InChI=1S/C15H21ClN6/c1-9-4-11(5-10(9)2)19-14-13(16)7-17-15(21-14)20-12-6-18-22(3)8-12/h6-11H,4-5H2,1-3H3,(H2,17,19,20,21). The van der Waals surface area contributed by atoms with E-state index in [1.807, 2.05) is 13.2 Å². The molecule has 22 heavy (non-hydrogen) atoms. The molecule has 1 fully saturated rings. The number of rotatable bonds is 4. The Labute approximate surface area is 135 Å². The smallest absolute Gasteiger partial charge is 0.229 e. The third kappa shape index (κ3) is 3.32. The van der Waals surface area contributed by atoms with Crippen LogP contribution in [0.2, 0.25) is 5.02 Å². The van der Waals surface area contributed by atoms with Gasteiger partial charge in [0.1, 0.15) is 5.02 Å². The number of nitrogens with one attached hydrogen (secondary N) is 2. The second-order valence-corrected chi connectivity index (χ2v) is 6.59. The summed E-state index contributed by atoms with van der Waals surface area (Å²) in [6.07, 6.45) is 7.51. The molecule has 118 valence electrons. The molecule has 1 aliphatic rings. The van der Waals surface area contributed by atoms with Gasteiger partial charge in [-0.3, -0.25) is 4.68 Å². The fraction of sp³-hybridized carbons (Fsp3) is 0.533. The van der Waals surface area contributed by atoms with Crippen molar-refractivity contribution in [1.29, 1.82) is 0 Å². The van der Waals surface area contributed by atoms with Crippen molar-refractivity contribution in [2.24, 2.45) is 18.9 Å². The van der Waals surface area contributed by atoms with Crippen LogP contribution in [0.5, 0.6) is 0 Å². The molecule has 0 amide bonds. The first-order valence-corrected chi connectivity index (χ1v) is 7.94. The van der Waals surface area contributed by atoms with Gasteiger partial charge in [0.2, 0.25) is 5.95 Å². The molecule has 1 saturated carbocycles. The van der Waals surface area contributed by atoms with Crippen molar-refractivity contribution in [1.82, 2.24) is 19.7 Å². The zero-order valence-electron chi connectivity index (χ0n) is 13.0. The van der Waals surface area contributed by atoms with Crippen LogP contribution in [-0.4, -0.2) is 25.8 Å². The lowest BCUT2D eigenvalue weighted by molar-refractivity contribution is 0.457. The van der Waals surface area contributed by atoms with Gasteiger partial charge in [0, 0.05) is 19.3 Å². The Balaban J connectivity index is 1.72. The van der Waals surface area contributed by atoms with Gasteiger partial charge in [-0.15, -0.1) is 0 Å². The number of halogens is 1. The van der Waals surface area contributed by atoms with Crippen LogP contribution in [0, 0.1) is 11.8 Å². The normalized spacial score (nSPS) is 24.5. The average molecular weight is 321 g/mol. The van der Waals surface area contributed by atoms with Crippen LogP contribution in [-0.2, 0) is 7.05 Å². The molecule has 2 unspecified atom stereocenters. The van der Waals surface area contributed by atoms with Crippen LogP contribution in [0.1, 0.15) is 26.7 Å². The van der Waals surface area contributed by atoms with E-state index in [4.69, 9.17) is 11.6 Å². The zero-order chi connectivity index (χ0) is 15.7. The molecule has 0 radical (unpaired) electrons. The third-order valence-electron chi connectivity index (χ3n) is 4.33. The third-order valence-corrected chi connectivity index (χ3v) is 4.61. The van der Waals surface area contributed by atoms with Gasteiger partial charge in [-0.25, -0.2) is 4.98 Å². The Hall–Kier alpha value is -1.82. The second kappa shape index (κ2) is 6.12. The number of anilines is 3.